The molecule has 2 fully saturated rings. The Hall–Kier alpha value is -0.900. The summed E-state index contributed by atoms with van der Waals surface area (Å²) in [4.78, 5) is 0. The second-order valence-electron chi connectivity index (χ2n) is 5.78. The lowest BCUT2D eigenvalue weighted by molar-refractivity contribution is -0.102. The first-order valence-electron chi connectivity index (χ1n) is 7.91. The van der Waals surface area contributed by atoms with Crippen molar-refractivity contribution in [1.82, 2.24) is 5.32 Å². The molecule has 3 rings (SSSR count). The van der Waals surface area contributed by atoms with Crippen LogP contribution in [0.25, 0.3) is 0 Å². The third kappa shape index (κ3) is 2.90. The molecule has 0 amide bonds. The molecule has 1 aromatic carbocycles. The highest BCUT2D eigenvalue weighted by atomic mass is 16.6. The van der Waals surface area contributed by atoms with Crippen LogP contribution in [0.4, 0.5) is 0 Å². The zero-order chi connectivity index (χ0) is 13.8. The first kappa shape index (κ1) is 14.1. The fourth-order valence-electron chi connectivity index (χ4n) is 3.25. The van der Waals surface area contributed by atoms with Gasteiger partial charge in [0.15, 0.2) is 0 Å². The van der Waals surface area contributed by atoms with E-state index in [4.69, 9.17) is 9.47 Å². The Balaban J connectivity index is 1.85. The normalized spacial score (nSPS) is 25.1. The van der Waals surface area contributed by atoms with Crippen molar-refractivity contribution >= 4 is 0 Å². The predicted molar refractivity (Wildman–Crippen MR) is 80.0 cm³/mol. The minimum absolute atomic E-state index is 0.130. The highest BCUT2D eigenvalue weighted by Crippen LogP contribution is 2.40. The third-order valence-corrected chi connectivity index (χ3v) is 4.51. The van der Waals surface area contributed by atoms with Crippen LogP contribution < -0.4 is 5.32 Å². The molecule has 1 aliphatic carbocycles. The van der Waals surface area contributed by atoms with E-state index < -0.39 is 0 Å². The average molecular weight is 275 g/mol. The van der Waals surface area contributed by atoms with Crippen molar-refractivity contribution in [1.29, 1.82) is 0 Å². The molecule has 20 heavy (non-hydrogen) atoms. The molecule has 0 bridgehead atoms. The van der Waals surface area contributed by atoms with Crippen LogP contribution in [0, 0.1) is 0 Å². The van der Waals surface area contributed by atoms with Crippen LogP contribution in [0.15, 0.2) is 24.3 Å². The minimum atomic E-state index is 0.130. The SMILES string of the molecule is CCNC(c1ccccc1C1CCC1)C1COCCO1. The highest BCUT2D eigenvalue weighted by Gasteiger charge is 2.30. The molecule has 2 atom stereocenters. The highest BCUT2D eigenvalue weighted by molar-refractivity contribution is 5.35. The number of benzene rings is 1. The van der Waals surface area contributed by atoms with Gasteiger partial charge in [0.1, 0.15) is 6.10 Å². The molecule has 3 nitrogen and oxygen atoms in total. The predicted octanol–water partition coefficient (Wildman–Crippen LogP) is 3.02. The van der Waals surface area contributed by atoms with Crippen molar-refractivity contribution in [2.24, 2.45) is 0 Å². The van der Waals surface area contributed by atoms with Crippen LogP contribution >= 0.6 is 0 Å². The lowest BCUT2D eigenvalue weighted by Gasteiger charge is -2.35. The molecule has 2 unspecified atom stereocenters. The minimum Gasteiger partial charge on any atom is -0.376 e. The standard InChI is InChI=1S/C17H25NO2/c1-2-18-17(16-12-19-10-11-20-16)15-9-4-3-8-14(15)13-6-5-7-13/h3-4,8-9,13,16-18H,2,5-7,10-12H2,1H3. The van der Waals surface area contributed by atoms with Gasteiger partial charge in [-0.1, -0.05) is 37.6 Å². The third-order valence-electron chi connectivity index (χ3n) is 4.51. The number of hydrogen-bond acceptors (Lipinski definition) is 3. The lowest BCUT2D eigenvalue weighted by Crippen LogP contribution is -2.41. The zero-order valence-electron chi connectivity index (χ0n) is 12.3. The van der Waals surface area contributed by atoms with Crippen molar-refractivity contribution in [3.05, 3.63) is 35.4 Å². The van der Waals surface area contributed by atoms with Crippen LogP contribution in [0.2, 0.25) is 0 Å². The number of rotatable bonds is 5. The Labute approximate surface area is 121 Å². The Morgan fingerprint density at radius 3 is 2.75 bits per heavy atom. The first-order chi connectivity index (χ1) is 9.90. The zero-order valence-corrected chi connectivity index (χ0v) is 12.3. The molecule has 0 spiro atoms. The smallest absolute Gasteiger partial charge is 0.100 e. The fourth-order valence-corrected chi connectivity index (χ4v) is 3.25. The van der Waals surface area contributed by atoms with Crippen molar-refractivity contribution in [2.75, 3.05) is 26.4 Å². The fraction of sp³-hybridized carbons (Fsp3) is 0.647. The Bertz CT molecular complexity index is 425. The Kier molecular flexibility index (Phi) is 4.71. The van der Waals surface area contributed by atoms with E-state index in [1.165, 1.54) is 30.4 Å². The molecule has 1 N–H and O–H groups in total. The molecule has 0 radical (unpaired) electrons. The van der Waals surface area contributed by atoms with E-state index in [1.54, 1.807) is 0 Å². The summed E-state index contributed by atoms with van der Waals surface area (Å²) in [5.74, 6) is 0.747. The summed E-state index contributed by atoms with van der Waals surface area (Å²) in [5, 5.41) is 3.61. The molecule has 1 aliphatic heterocycles. The number of hydrogen-bond donors (Lipinski definition) is 1. The second kappa shape index (κ2) is 6.70. The maximum absolute atomic E-state index is 5.95. The van der Waals surface area contributed by atoms with E-state index in [0.29, 0.717) is 13.2 Å². The number of likely N-dealkylation sites (N-methyl/N-ethyl adjacent to an activating group) is 1. The summed E-state index contributed by atoms with van der Waals surface area (Å²) < 4.78 is 11.6. The maximum Gasteiger partial charge on any atom is 0.100 e. The van der Waals surface area contributed by atoms with Crippen LogP contribution in [0.3, 0.4) is 0 Å². The quantitative estimate of drug-likeness (QED) is 0.896. The maximum atomic E-state index is 5.95. The summed E-state index contributed by atoms with van der Waals surface area (Å²) in [5.41, 5.74) is 2.92. The van der Waals surface area contributed by atoms with Crippen LogP contribution in [-0.4, -0.2) is 32.5 Å². The van der Waals surface area contributed by atoms with Crippen LogP contribution in [-0.2, 0) is 9.47 Å². The summed E-state index contributed by atoms with van der Waals surface area (Å²) in [7, 11) is 0. The van der Waals surface area contributed by atoms with Crippen LogP contribution in [0.5, 0.6) is 0 Å². The molecular weight excluding hydrogens is 250 g/mol. The summed E-state index contributed by atoms with van der Waals surface area (Å²) >= 11 is 0. The van der Waals surface area contributed by atoms with Gasteiger partial charge in [0.25, 0.3) is 0 Å². The van der Waals surface area contributed by atoms with Gasteiger partial charge < -0.3 is 14.8 Å². The summed E-state index contributed by atoms with van der Waals surface area (Å²) in [6.45, 7) is 5.22. The summed E-state index contributed by atoms with van der Waals surface area (Å²) in [6.07, 6.45) is 4.16. The van der Waals surface area contributed by atoms with Gasteiger partial charge in [0.2, 0.25) is 0 Å². The van der Waals surface area contributed by atoms with Crippen molar-refractivity contribution in [3.63, 3.8) is 0 Å². The van der Waals surface area contributed by atoms with Gasteiger partial charge >= 0.3 is 0 Å². The molecule has 3 heteroatoms. The topological polar surface area (TPSA) is 30.5 Å². The van der Waals surface area contributed by atoms with Crippen molar-refractivity contribution in [3.8, 4) is 0 Å². The molecule has 1 heterocycles. The molecule has 1 aromatic rings. The van der Waals surface area contributed by atoms with Crippen molar-refractivity contribution < 1.29 is 9.47 Å². The molecule has 2 aliphatic rings. The molecular formula is C17H25NO2. The molecule has 1 saturated carbocycles. The lowest BCUT2D eigenvalue weighted by atomic mass is 9.76. The van der Waals surface area contributed by atoms with Gasteiger partial charge in [-0.25, -0.2) is 0 Å². The van der Waals surface area contributed by atoms with Crippen LogP contribution in [0.1, 0.15) is 49.3 Å². The van der Waals surface area contributed by atoms with E-state index >= 15 is 0 Å². The van der Waals surface area contributed by atoms with Gasteiger partial charge in [0, 0.05) is 0 Å². The first-order valence-corrected chi connectivity index (χ1v) is 7.91. The Morgan fingerprint density at radius 1 is 1.25 bits per heavy atom. The summed E-state index contributed by atoms with van der Waals surface area (Å²) in [6, 6.07) is 9.12. The van der Waals surface area contributed by atoms with Gasteiger partial charge in [-0.15, -0.1) is 0 Å². The van der Waals surface area contributed by atoms with E-state index in [1.807, 2.05) is 0 Å². The number of nitrogens with one attached hydrogen (secondary N) is 1. The van der Waals surface area contributed by atoms with Gasteiger partial charge in [-0.05, 0) is 36.4 Å². The second-order valence-corrected chi connectivity index (χ2v) is 5.78. The van der Waals surface area contributed by atoms with Gasteiger partial charge in [-0.3, -0.25) is 0 Å². The molecule has 110 valence electrons. The van der Waals surface area contributed by atoms with E-state index in [9.17, 15) is 0 Å². The molecule has 0 aromatic heterocycles. The van der Waals surface area contributed by atoms with E-state index in [-0.39, 0.29) is 12.1 Å². The largest absolute Gasteiger partial charge is 0.376 e. The molecule has 1 saturated heterocycles. The van der Waals surface area contributed by atoms with E-state index in [0.717, 1.165) is 19.1 Å². The van der Waals surface area contributed by atoms with Gasteiger partial charge in [0.05, 0.1) is 25.9 Å². The van der Waals surface area contributed by atoms with Crippen molar-refractivity contribution in [2.45, 2.75) is 44.2 Å². The van der Waals surface area contributed by atoms with Gasteiger partial charge in [-0.2, -0.15) is 0 Å². The monoisotopic (exact) mass is 275 g/mol. The van der Waals surface area contributed by atoms with E-state index in [2.05, 4.69) is 36.5 Å². The average Bonchev–Trinajstić information content (AvgIpc) is 2.45. The number of ether oxygens (including phenoxy) is 2. The Morgan fingerprint density at radius 2 is 2.10 bits per heavy atom.